The van der Waals surface area contributed by atoms with Gasteiger partial charge in [-0.25, -0.2) is 4.79 Å². The number of hydrogen-bond acceptors (Lipinski definition) is 6. The molecule has 4 rings (SSSR count). The van der Waals surface area contributed by atoms with Gasteiger partial charge < -0.3 is 10.6 Å². The van der Waals surface area contributed by atoms with Crippen LogP contribution in [0.4, 0.5) is 5.82 Å². The van der Waals surface area contributed by atoms with E-state index in [1.165, 1.54) is 10.6 Å². The summed E-state index contributed by atoms with van der Waals surface area (Å²) in [5, 5.41) is 18.9. The van der Waals surface area contributed by atoms with E-state index in [-0.39, 0.29) is 19.1 Å². The minimum absolute atomic E-state index is 0.0128. The van der Waals surface area contributed by atoms with Crippen molar-refractivity contribution >= 4 is 5.82 Å². The molecule has 1 aliphatic heterocycles. The van der Waals surface area contributed by atoms with Crippen molar-refractivity contribution < 1.29 is 0 Å². The average molecular weight is 441 g/mol. The van der Waals surface area contributed by atoms with Crippen LogP contribution < -0.4 is 21.9 Å². The number of piperidine rings is 1. The Kier molecular flexibility index (Phi) is 6.39. The lowest BCUT2D eigenvalue weighted by Gasteiger charge is -2.34. The van der Waals surface area contributed by atoms with Crippen LogP contribution in [0.1, 0.15) is 35.1 Å². The second-order valence-electron chi connectivity index (χ2n) is 8.18. The second-order valence-corrected chi connectivity index (χ2v) is 8.18. The number of nitrogens with zero attached hydrogens (tertiary/aromatic N) is 5. The summed E-state index contributed by atoms with van der Waals surface area (Å²) < 4.78 is 2.67. The van der Waals surface area contributed by atoms with Gasteiger partial charge in [-0.15, -0.1) is 0 Å². The SMILES string of the molecule is N#Cc1ccccc1Cn1c(N2CCC[C@@H](N)C2)cc(=O)n(Cc2ccccc2C#N)c1=O. The van der Waals surface area contributed by atoms with Crippen molar-refractivity contribution in [2.24, 2.45) is 5.73 Å². The summed E-state index contributed by atoms with van der Waals surface area (Å²) in [5.41, 5.74) is 7.40. The molecule has 33 heavy (non-hydrogen) atoms. The molecule has 1 aromatic heterocycles. The van der Waals surface area contributed by atoms with Crippen LogP contribution in [0.15, 0.2) is 64.2 Å². The predicted molar refractivity (Wildman–Crippen MR) is 125 cm³/mol. The summed E-state index contributed by atoms with van der Waals surface area (Å²) in [6.45, 7) is 1.36. The molecule has 0 unspecified atom stereocenters. The zero-order valence-electron chi connectivity index (χ0n) is 18.1. The van der Waals surface area contributed by atoms with Crippen LogP contribution in [-0.2, 0) is 13.1 Å². The first-order valence-electron chi connectivity index (χ1n) is 10.8. The fourth-order valence-electron chi connectivity index (χ4n) is 4.25. The van der Waals surface area contributed by atoms with Gasteiger partial charge in [-0.3, -0.25) is 13.9 Å². The summed E-state index contributed by atoms with van der Waals surface area (Å²) in [6.07, 6.45) is 1.75. The van der Waals surface area contributed by atoms with Crippen molar-refractivity contribution in [2.45, 2.75) is 32.0 Å². The smallest absolute Gasteiger partial charge is 0.333 e. The molecule has 2 heterocycles. The topological polar surface area (TPSA) is 121 Å². The summed E-state index contributed by atoms with van der Waals surface area (Å²) in [4.78, 5) is 28.7. The van der Waals surface area contributed by atoms with Crippen LogP contribution >= 0.6 is 0 Å². The second kappa shape index (κ2) is 9.56. The van der Waals surface area contributed by atoms with Crippen LogP contribution in [0.3, 0.4) is 0 Å². The number of nitrogens with two attached hydrogens (primary N) is 1. The fraction of sp³-hybridized carbons (Fsp3) is 0.280. The third kappa shape index (κ3) is 4.57. The molecule has 166 valence electrons. The number of nitriles is 2. The Morgan fingerprint density at radius 1 is 0.909 bits per heavy atom. The predicted octanol–water partition coefficient (Wildman–Crippen LogP) is 1.78. The van der Waals surface area contributed by atoms with Gasteiger partial charge in [0.2, 0.25) is 0 Å². The van der Waals surface area contributed by atoms with E-state index in [1.807, 2.05) is 11.0 Å². The third-order valence-corrected chi connectivity index (χ3v) is 5.97. The molecule has 0 bridgehead atoms. The molecule has 0 aliphatic carbocycles. The van der Waals surface area contributed by atoms with Gasteiger partial charge in [0.05, 0.1) is 36.4 Å². The van der Waals surface area contributed by atoms with E-state index in [2.05, 4.69) is 12.1 Å². The molecule has 1 saturated heterocycles. The molecule has 1 aliphatic rings. The number of anilines is 1. The maximum atomic E-state index is 13.6. The van der Waals surface area contributed by atoms with Crippen molar-refractivity contribution in [3.05, 3.63) is 97.7 Å². The summed E-state index contributed by atoms with van der Waals surface area (Å²) in [6, 6.07) is 19.7. The van der Waals surface area contributed by atoms with E-state index >= 15 is 0 Å². The van der Waals surface area contributed by atoms with Crippen LogP contribution in [0.25, 0.3) is 0 Å². The normalized spacial score (nSPS) is 15.6. The Morgan fingerprint density at radius 3 is 2.06 bits per heavy atom. The molecule has 1 fully saturated rings. The van der Waals surface area contributed by atoms with Gasteiger partial charge in [0.1, 0.15) is 5.82 Å². The summed E-state index contributed by atoms with van der Waals surface area (Å²) in [7, 11) is 0. The van der Waals surface area contributed by atoms with Crippen molar-refractivity contribution in [1.29, 1.82) is 10.5 Å². The third-order valence-electron chi connectivity index (χ3n) is 5.97. The monoisotopic (exact) mass is 440 g/mol. The van der Waals surface area contributed by atoms with Crippen LogP contribution in [0.2, 0.25) is 0 Å². The lowest BCUT2D eigenvalue weighted by Crippen LogP contribution is -2.48. The van der Waals surface area contributed by atoms with Gasteiger partial charge in [0.15, 0.2) is 0 Å². The number of rotatable bonds is 5. The van der Waals surface area contributed by atoms with Crippen LogP contribution in [0.5, 0.6) is 0 Å². The zero-order chi connectivity index (χ0) is 23.4. The first-order chi connectivity index (χ1) is 16.0. The Morgan fingerprint density at radius 2 is 1.48 bits per heavy atom. The van der Waals surface area contributed by atoms with Crippen molar-refractivity contribution in [2.75, 3.05) is 18.0 Å². The van der Waals surface area contributed by atoms with Gasteiger partial charge in [0.25, 0.3) is 5.56 Å². The average Bonchev–Trinajstić information content (AvgIpc) is 2.83. The molecule has 3 aromatic rings. The Labute approximate surface area is 191 Å². The molecular weight excluding hydrogens is 416 g/mol. The van der Waals surface area contributed by atoms with Gasteiger partial charge in [-0.05, 0) is 36.1 Å². The maximum Gasteiger partial charge on any atom is 0.333 e. The molecule has 8 heteroatoms. The van der Waals surface area contributed by atoms with E-state index in [0.29, 0.717) is 41.2 Å². The van der Waals surface area contributed by atoms with Gasteiger partial charge in [-0.1, -0.05) is 36.4 Å². The van der Waals surface area contributed by atoms with E-state index < -0.39 is 11.2 Å². The molecular formula is C25H24N6O2. The molecule has 0 amide bonds. The summed E-state index contributed by atoms with van der Waals surface area (Å²) in [5.74, 6) is 0.498. The highest BCUT2D eigenvalue weighted by molar-refractivity contribution is 5.43. The highest BCUT2D eigenvalue weighted by atomic mass is 16.2. The Balaban J connectivity index is 1.86. The van der Waals surface area contributed by atoms with Gasteiger partial charge >= 0.3 is 5.69 Å². The minimum Gasteiger partial charge on any atom is -0.356 e. The molecule has 2 aromatic carbocycles. The largest absolute Gasteiger partial charge is 0.356 e. The van der Waals surface area contributed by atoms with E-state index in [9.17, 15) is 20.1 Å². The number of hydrogen-bond donors (Lipinski definition) is 1. The van der Waals surface area contributed by atoms with Crippen LogP contribution in [0, 0.1) is 22.7 Å². The van der Waals surface area contributed by atoms with Crippen LogP contribution in [-0.4, -0.2) is 28.3 Å². The van der Waals surface area contributed by atoms with Crippen molar-refractivity contribution in [3.63, 3.8) is 0 Å². The minimum atomic E-state index is -0.489. The van der Waals surface area contributed by atoms with Gasteiger partial charge in [0, 0.05) is 25.2 Å². The van der Waals surface area contributed by atoms with E-state index in [0.717, 1.165) is 17.4 Å². The van der Waals surface area contributed by atoms with Crippen molar-refractivity contribution in [3.8, 4) is 12.1 Å². The molecule has 0 saturated carbocycles. The molecule has 8 nitrogen and oxygen atoms in total. The Hall–Kier alpha value is -4.14. The highest BCUT2D eigenvalue weighted by Crippen LogP contribution is 2.19. The fourth-order valence-corrected chi connectivity index (χ4v) is 4.25. The number of benzene rings is 2. The number of aromatic nitrogens is 2. The quantitative estimate of drug-likeness (QED) is 0.646. The standard InChI is InChI=1S/C25H24N6O2/c26-13-18-6-1-3-8-20(18)15-30-23(29-11-5-10-22(28)17-29)12-24(32)31(25(30)33)16-21-9-4-2-7-19(21)14-27/h1-4,6-9,12,22H,5,10-11,15-17,28H2/t22-/m1/s1. The van der Waals surface area contributed by atoms with Crippen molar-refractivity contribution in [1.82, 2.24) is 9.13 Å². The molecule has 1 atom stereocenters. The lowest BCUT2D eigenvalue weighted by atomic mass is 10.1. The Bertz CT molecular complexity index is 1380. The first-order valence-corrected chi connectivity index (χ1v) is 10.8. The zero-order valence-corrected chi connectivity index (χ0v) is 18.1. The van der Waals surface area contributed by atoms with E-state index in [4.69, 9.17) is 5.73 Å². The molecule has 2 N–H and O–H groups in total. The highest BCUT2D eigenvalue weighted by Gasteiger charge is 2.23. The molecule has 0 radical (unpaired) electrons. The molecule has 0 spiro atoms. The first kappa shape index (κ1) is 22.1. The maximum absolute atomic E-state index is 13.6. The lowest BCUT2D eigenvalue weighted by molar-refractivity contribution is 0.490. The van der Waals surface area contributed by atoms with E-state index in [1.54, 1.807) is 42.5 Å². The summed E-state index contributed by atoms with van der Waals surface area (Å²) >= 11 is 0. The van der Waals surface area contributed by atoms with Gasteiger partial charge in [-0.2, -0.15) is 10.5 Å².